The van der Waals surface area contributed by atoms with Gasteiger partial charge in [0.1, 0.15) is 6.04 Å². The van der Waals surface area contributed by atoms with E-state index in [9.17, 15) is 19.3 Å². The molecule has 1 aromatic rings. The lowest BCUT2D eigenvalue weighted by Gasteiger charge is -2.06. The maximum Gasteiger partial charge on any atom is 0.320 e. The highest BCUT2D eigenvalue weighted by molar-refractivity contribution is 5.73. The summed E-state index contributed by atoms with van der Waals surface area (Å²) in [5, 5.41) is 18.8. The van der Waals surface area contributed by atoms with Crippen LogP contribution in [-0.2, 0) is 11.2 Å². The fourth-order valence-corrected chi connectivity index (χ4v) is 1.17. The van der Waals surface area contributed by atoms with Crippen LogP contribution in [0.3, 0.4) is 0 Å². The summed E-state index contributed by atoms with van der Waals surface area (Å²) in [7, 11) is 0. The Morgan fingerprint density at radius 3 is 2.69 bits per heavy atom. The maximum atomic E-state index is 13.1. The number of carboxylic acid groups (broad SMARTS) is 1. The highest BCUT2D eigenvalue weighted by atomic mass is 19.1. The molecule has 0 aromatic heterocycles. The Kier molecular flexibility index (Phi) is 3.51. The number of hydrogen-bond donors (Lipinski definition) is 2. The summed E-state index contributed by atoms with van der Waals surface area (Å²) in [6, 6.07) is 2.03. The predicted octanol–water partition coefficient (Wildman–Crippen LogP) is 0.688. The van der Waals surface area contributed by atoms with Gasteiger partial charge in [-0.15, -0.1) is 0 Å². The summed E-state index contributed by atoms with van der Waals surface area (Å²) in [6.07, 6.45) is -0.0791. The lowest BCUT2D eigenvalue weighted by Crippen LogP contribution is -2.32. The van der Waals surface area contributed by atoms with Gasteiger partial charge in [0.25, 0.3) is 0 Å². The van der Waals surface area contributed by atoms with Crippen LogP contribution in [0.1, 0.15) is 5.56 Å². The lowest BCUT2D eigenvalue weighted by atomic mass is 10.1. The Morgan fingerprint density at radius 1 is 1.62 bits per heavy atom. The number of nitro groups is 1. The van der Waals surface area contributed by atoms with Crippen LogP contribution in [0, 0.1) is 15.9 Å². The van der Waals surface area contributed by atoms with Gasteiger partial charge in [-0.3, -0.25) is 14.9 Å². The monoisotopic (exact) mass is 228 g/mol. The minimum Gasteiger partial charge on any atom is -0.480 e. The minimum atomic E-state index is -1.21. The van der Waals surface area contributed by atoms with Crippen molar-refractivity contribution in [2.45, 2.75) is 12.5 Å². The third-order valence-corrected chi connectivity index (χ3v) is 1.98. The quantitative estimate of drug-likeness (QED) is 0.582. The predicted molar refractivity (Wildman–Crippen MR) is 52.4 cm³/mol. The lowest BCUT2D eigenvalue weighted by molar-refractivity contribution is -0.387. The molecule has 0 fully saturated rings. The topological polar surface area (TPSA) is 106 Å². The van der Waals surface area contributed by atoms with E-state index in [1.165, 1.54) is 6.07 Å². The van der Waals surface area contributed by atoms with Gasteiger partial charge < -0.3 is 10.8 Å². The largest absolute Gasteiger partial charge is 0.480 e. The van der Waals surface area contributed by atoms with Crippen molar-refractivity contribution in [3.63, 3.8) is 0 Å². The molecule has 1 aromatic carbocycles. The van der Waals surface area contributed by atoms with E-state index in [-0.39, 0.29) is 6.42 Å². The van der Waals surface area contributed by atoms with Gasteiger partial charge >= 0.3 is 11.7 Å². The first kappa shape index (κ1) is 12.1. The number of nitro benzene ring substituents is 1. The van der Waals surface area contributed by atoms with E-state index in [1.54, 1.807) is 0 Å². The number of benzene rings is 1. The highest BCUT2D eigenvalue weighted by Crippen LogP contribution is 2.18. The van der Waals surface area contributed by atoms with Crippen molar-refractivity contribution in [1.82, 2.24) is 0 Å². The molecule has 6 nitrogen and oxygen atoms in total. The first-order valence-electron chi connectivity index (χ1n) is 4.33. The number of carboxylic acids is 1. The fraction of sp³-hybridized carbons (Fsp3) is 0.222. The molecule has 0 heterocycles. The van der Waals surface area contributed by atoms with Crippen LogP contribution in [0.15, 0.2) is 18.2 Å². The molecule has 86 valence electrons. The summed E-state index contributed by atoms with van der Waals surface area (Å²) in [6.45, 7) is 0. The first-order chi connectivity index (χ1) is 7.41. The van der Waals surface area contributed by atoms with E-state index in [0.29, 0.717) is 5.56 Å². The second kappa shape index (κ2) is 4.67. The molecular weight excluding hydrogens is 219 g/mol. The van der Waals surface area contributed by atoms with E-state index >= 15 is 0 Å². The van der Waals surface area contributed by atoms with Crippen molar-refractivity contribution in [2.24, 2.45) is 5.73 Å². The highest BCUT2D eigenvalue weighted by Gasteiger charge is 2.17. The Bertz CT molecular complexity index is 436. The van der Waals surface area contributed by atoms with Crippen molar-refractivity contribution >= 4 is 11.7 Å². The SMILES string of the molecule is N[C@@H](Cc1ccc([N+](=O)[O-])c(F)c1)C(=O)O. The van der Waals surface area contributed by atoms with Gasteiger partial charge in [-0.25, -0.2) is 0 Å². The van der Waals surface area contributed by atoms with E-state index < -0.39 is 28.4 Å². The van der Waals surface area contributed by atoms with E-state index in [1.807, 2.05) is 0 Å². The number of rotatable bonds is 4. The van der Waals surface area contributed by atoms with Crippen molar-refractivity contribution in [3.8, 4) is 0 Å². The fourth-order valence-electron chi connectivity index (χ4n) is 1.17. The van der Waals surface area contributed by atoms with Crippen molar-refractivity contribution < 1.29 is 19.2 Å². The van der Waals surface area contributed by atoms with Crippen LogP contribution < -0.4 is 5.73 Å². The normalized spacial score (nSPS) is 12.1. The molecule has 1 atom stereocenters. The molecule has 0 aliphatic rings. The van der Waals surface area contributed by atoms with Crippen molar-refractivity contribution in [1.29, 1.82) is 0 Å². The van der Waals surface area contributed by atoms with E-state index in [2.05, 4.69) is 0 Å². The molecule has 7 heteroatoms. The second-order valence-electron chi connectivity index (χ2n) is 3.19. The molecule has 16 heavy (non-hydrogen) atoms. The smallest absolute Gasteiger partial charge is 0.320 e. The summed E-state index contributed by atoms with van der Waals surface area (Å²) in [4.78, 5) is 19.9. The van der Waals surface area contributed by atoms with Crippen LogP contribution in [0.25, 0.3) is 0 Å². The molecule has 0 spiro atoms. The number of nitrogens with zero attached hydrogens (tertiary/aromatic N) is 1. The average molecular weight is 228 g/mol. The van der Waals surface area contributed by atoms with Crippen LogP contribution in [0.5, 0.6) is 0 Å². The zero-order valence-electron chi connectivity index (χ0n) is 8.09. The van der Waals surface area contributed by atoms with E-state index in [0.717, 1.165) is 12.1 Å². The molecule has 0 bridgehead atoms. The standard InChI is InChI=1S/C9H9FN2O4/c10-6-3-5(4-7(11)9(13)14)1-2-8(6)12(15)16/h1-3,7H,4,11H2,(H,13,14)/t7-/m0/s1. The number of hydrogen-bond acceptors (Lipinski definition) is 4. The zero-order chi connectivity index (χ0) is 12.3. The molecule has 0 unspecified atom stereocenters. The number of aliphatic carboxylic acids is 1. The molecular formula is C9H9FN2O4. The van der Waals surface area contributed by atoms with E-state index in [4.69, 9.17) is 10.8 Å². The third kappa shape index (κ3) is 2.74. The molecule has 0 amide bonds. The molecule has 0 aliphatic heterocycles. The molecule has 0 saturated heterocycles. The van der Waals surface area contributed by atoms with Crippen LogP contribution in [-0.4, -0.2) is 22.0 Å². The van der Waals surface area contributed by atoms with Gasteiger partial charge in [0, 0.05) is 6.07 Å². The van der Waals surface area contributed by atoms with Gasteiger partial charge in [-0.1, -0.05) is 6.07 Å². The third-order valence-electron chi connectivity index (χ3n) is 1.98. The summed E-state index contributed by atoms with van der Waals surface area (Å²) >= 11 is 0. The Hall–Kier alpha value is -2.02. The molecule has 0 saturated carbocycles. The number of halogens is 1. The van der Waals surface area contributed by atoms with Crippen LogP contribution >= 0.6 is 0 Å². The van der Waals surface area contributed by atoms with Gasteiger partial charge in [-0.05, 0) is 18.1 Å². The minimum absolute atomic E-state index is 0.0791. The average Bonchev–Trinajstić information content (AvgIpc) is 2.16. The Balaban J connectivity index is 2.89. The van der Waals surface area contributed by atoms with Crippen molar-refractivity contribution in [3.05, 3.63) is 39.7 Å². The van der Waals surface area contributed by atoms with Crippen LogP contribution in [0.2, 0.25) is 0 Å². The molecule has 1 rings (SSSR count). The molecule has 0 aliphatic carbocycles. The molecule has 0 radical (unpaired) electrons. The second-order valence-corrected chi connectivity index (χ2v) is 3.19. The van der Waals surface area contributed by atoms with Gasteiger partial charge in [-0.2, -0.15) is 4.39 Å². The number of carbonyl (C=O) groups is 1. The number of nitrogens with two attached hydrogens (primary N) is 1. The summed E-state index contributed by atoms with van der Waals surface area (Å²) in [5.74, 6) is -2.21. The van der Waals surface area contributed by atoms with Gasteiger partial charge in [0.05, 0.1) is 4.92 Å². The van der Waals surface area contributed by atoms with Crippen molar-refractivity contribution in [2.75, 3.05) is 0 Å². The van der Waals surface area contributed by atoms with Gasteiger partial charge in [0.15, 0.2) is 0 Å². The van der Waals surface area contributed by atoms with Crippen LogP contribution in [0.4, 0.5) is 10.1 Å². The molecule has 3 N–H and O–H groups in total. The summed E-state index contributed by atoms with van der Waals surface area (Å²) in [5.41, 5.74) is 4.90. The Labute approximate surface area is 89.6 Å². The summed E-state index contributed by atoms with van der Waals surface area (Å²) < 4.78 is 13.1. The maximum absolute atomic E-state index is 13.1. The Morgan fingerprint density at radius 2 is 2.25 bits per heavy atom. The first-order valence-corrected chi connectivity index (χ1v) is 4.33. The van der Waals surface area contributed by atoms with Gasteiger partial charge in [0.2, 0.25) is 5.82 Å². The zero-order valence-corrected chi connectivity index (χ0v) is 8.09.